The summed E-state index contributed by atoms with van der Waals surface area (Å²) in [6.07, 6.45) is 0. The molecule has 0 spiro atoms. The number of ether oxygens (including phenoxy) is 6. The minimum Gasteiger partial charge on any atom is -0.483 e. The molecule has 3 aromatic carbocycles. The summed E-state index contributed by atoms with van der Waals surface area (Å²) < 4.78 is 38.8. The zero-order valence-electron chi connectivity index (χ0n) is 38.8. The highest BCUT2D eigenvalue weighted by Gasteiger charge is 2.26. The second kappa shape index (κ2) is 19.8. The molecular weight excluding hydrogens is 763 g/mol. The third kappa shape index (κ3) is 12.9. The fourth-order valence-electron chi connectivity index (χ4n) is 6.36. The molecule has 0 saturated carbocycles. The van der Waals surface area contributed by atoms with Crippen LogP contribution in [0.3, 0.4) is 0 Å². The first-order valence-corrected chi connectivity index (χ1v) is 20.6. The van der Waals surface area contributed by atoms with Crippen molar-refractivity contribution in [3.63, 3.8) is 0 Å². The molecule has 6 bridgehead atoms. The summed E-state index contributed by atoms with van der Waals surface area (Å²) in [6, 6.07) is 12.4. The van der Waals surface area contributed by atoms with Crippen molar-refractivity contribution in [1.29, 1.82) is 0 Å². The van der Waals surface area contributed by atoms with Gasteiger partial charge in [0.2, 0.25) is 0 Å². The largest absolute Gasteiger partial charge is 0.483 e. The standard InChI is InChI=1S/C48H69N3O9/c1-46(2,3)37-16-31-22-55-24-33-18-38(47(4,5)6)20-35(44(33)59-29-41(53)50(12)13)26-57-27-36-21-39(48(7,8)9)19-34(45(36)60-30-42(54)51(14)15)25-56-23-32(17-37)43(31)58-28-40(52)49(10)11/h16-21H,22-30H2,1-15H3. The fourth-order valence-corrected chi connectivity index (χ4v) is 6.36. The van der Waals surface area contributed by atoms with Gasteiger partial charge in [-0.15, -0.1) is 0 Å². The predicted octanol–water partition coefficient (Wildman–Crippen LogP) is 7.44. The number of carbonyl (C=O) groups is 3. The molecule has 4 rings (SSSR count). The van der Waals surface area contributed by atoms with E-state index in [1.807, 2.05) is 0 Å². The Balaban J connectivity index is 2.00. The molecule has 3 aromatic rings. The zero-order chi connectivity index (χ0) is 44.7. The molecule has 0 N–H and O–H groups in total. The third-order valence-corrected chi connectivity index (χ3v) is 10.4. The molecule has 0 fully saturated rings. The van der Waals surface area contributed by atoms with Crippen molar-refractivity contribution in [1.82, 2.24) is 14.7 Å². The lowest BCUT2D eigenvalue weighted by Gasteiger charge is -2.27. The predicted molar refractivity (Wildman–Crippen MR) is 233 cm³/mol. The van der Waals surface area contributed by atoms with Gasteiger partial charge < -0.3 is 43.1 Å². The number of fused-ring (bicyclic) bond motifs is 6. The van der Waals surface area contributed by atoms with Gasteiger partial charge in [0.25, 0.3) is 17.7 Å². The monoisotopic (exact) mass is 832 g/mol. The summed E-state index contributed by atoms with van der Waals surface area (Å²) in [5.74, 6) is 0.982. The topological polar surface area (TPSA) is 116 Å². The molecule has 3 amide bonds. The lowest BCUT2D eigenvalue weighted by Crippen LogP contribution is -2.28. The van der Waals surface area contributed by atoms with Gasteiger partial charge in [0.05, 0.1) is 39.6 Å². The molecule has 1 heterocycles. The van der Waals surface area contributed by atoms with Crippen molar-refractivity contribution < 1.29 is 42.8 Å². The first-order chi connectivity index (χ1) is 27.9. The van der Waals surface area contributed by atoms with Gasteiger partial charge >= 0.3 is 0 Å². The number of rotatable bonds is 9. The highest BCUT2D eigenvalue weighted by Crippen LogP contribution is 2.38. The highest BCUT2D eigenvalue weighted by molar-refractivity contribution is 5.78. The number of amides is 3. The van der Waals surface area contributed by atoms with Gasteiger partial charge in [-0.05, 0) is 69.3 Å². The van der Waals surface area contributed by atoms with E-state index in [1.54, 1.807) is 42.3 Å². The molecule has 0 aliphatic carbocycles. The zero-order valence-corrected chi connectivity index (χ0v) is 38.8. The molecule has 60 heavy (non-hydrogen) atoms. The lowest BCUT2D eigenvalue weighted by molar-refractivity contribution is -0.131. The number of likely N-dealkylation sites (N-methyl/N-ethyl adjacent to an activating group) is 3. The van der Waals surface area contributed by atoms with E-state index in [4.69, 9.17) is 28.4 Å². The van der Waals surface area contributed by atoms with Crippen LogP contribution in [0.25, 0.3) is 0 Å². The van der Waals surface area contributed by atoms with E-state index < -0.39 is 0 Å². The fraction of sp³-hybridized carbons (Fsp3) is 0.562. The van der Waals surface area contributed by atoms with Crippen LogP contribution in [0.5, 0.6) is 17.2 Å². The van der Waals surface area contributed by atoms with E-state index in [2.05, 4.69) is 98.7 Å². The Morgan fingerprint density at radius 3 is 0.750 bits per heavy atom. The number of hydrogen-bond donors (Lipinski definition) is 0. The Morgan fingerprint density at radius 1 is 0.417 bits per heavy atom. The van der Waals surface area contributed by atoms with Gasteiger partial charge in [-0.25, -0.2) is 0 Å². The SMILES string of the molecule is CN(C)C(=O)COc1c2cc(C(C)(C)C)cc1COCc1cc(C(C)(C)C)cc(c1OCC(=O)N(C)C)COCc1cc(C(C)(C)C)cc(c1OCC(=O)N(C)C)COC2. The molecule has 12 heteroatoms. The number of carbonyl (C=O) groups excluding carboxylic acids is 3. The van der Waals surface area contributed by atoms with Crippen LogP contribution >= 0.6 is 0 Å². The molecule has 0 atom stereocenters. The second-order valence-electron chi connectivity index (χ2n) is 19.3. The van der Waals surface area contributed by atoms with Crippen molar-refractivity contribution >= 4 is 17.7 Å². The van der Waals surface area contributed by atoms with E-state index in [0.29, 0.717) is 17.2 Å². The maximum absolute atomic E-state index is 12.9. The normalized spacial score (nSPS) is 14.1. The van der Waals surface area contributed by atoms with E-state index in [1.165, 1.54) is 14.7 Å². The van der Waals surface area contributed by atoms with E-state index in [9.17, 15) is 14.4 Å². The Hall–Kier alpha value is -4.65. The van der Waals surface area contributed by atoms with Crippen molar-refractivity contribution in [2.24, 2.45) is 0 Å². The molecule has 0 unspecified atom stereocenters. The average Bonchev–Trinajstić information content (AvgIpc) is 3.14. The average molecular weight is 832 g/mol. The number of benzene rings is 3. The number of hydrogen-bond acceptors (Lipinski definition) is 9. The first-order valence-electron chi connectivity index (χ1n) is 20.6. The maximum atomic E-state index is 12.9. The van der Waals surface area contributed by atoms with Gasteiger partial charge in [0.15, 0.2) is 19.8 Å². The van der Waals surface area contributed by atoms with Crippen LogP contribution in [-0.2, 0) is 84.5 Å². The van der Waals surface area contributed by atoms with Crippen molar-refractivity contribution in [3.05, 3.63) is 86.5 Å². The van der Waals surface area contributed by atoms with E-state index in [0.717, 1.165) is 50.1 Å². The summed E-state index contributed by atoms with van der Waals surface area (Å²) in [7, 11) is 10.2. The molecule has 0 saturated heterocycles. The first kappa shape index (κ1) is 48.0. The van der Waals surface area contributed by atoms with Crippen LogP contribution in [0.1, 0.15) is 112 Å². The van der Waals surface area contributed by atoms with Gasteiger partial charge in [-0.2, -0.15) is 0 Å². The maximum Gasteiger partial charge on any atom is 0.259 e. The van der Waals surface area contributed by atoms with Gasteiger partial charge in [-0.3, -0.25) is 14.4 Å². The van der Waals surface area contributed by atoms with Crippen molar-refractivity contribution in [2.45, 2.75) is 118 Å². The quantitative estimate of drug-likeness (QED) is 0.217. The van der Waals surface area contributed by atoms with E-state index in [-0.39, 0.29) is 93.4 Å². The summed E-state index contributed by atoms with van der Waals surface area (Å²) in [6.45, 7) is 19.7. The van der Waals surface area contributed by atoms with Crippen molar-refractivity contribution in [3.8, 4) is 17.2 Å². The van der Waals surface area contributed by atoms with Crippen LogP contribution in [0, 0.1) is 0 Å². The third-order valence-electron chi connectivity index (χ3n) is 10.4. The van der Waals surface area contributed by atoms with Gasteiger partial charge in [-0.1, -0.05) is 62.3 Å². The molecular formula is C48H69N3O9. The van der Waals surface area contributed by atoms with E-state index >= 15 is 0 Å². The van der Waals surface area contributed by atoms with Crippen LogP contribution in [0.15, 0.2) is 36.4 Å². The minimum absolute atomic E-state index is 0.152. The van der Waals surface area contributed by atoms with Crippen LogP contribution < -0.4 is 14.2 Å². The molecule has 0 aromatic heterocycles. The molecule has 0 radical (unpaired) electrons. The molecule has 330 valence electrons. The molecule has 12 nitrogen and oxygen atoms in total. The summed E-state index contributed by atoms with van der Waals surface area (Å²) in [4.78, 5) is 43.2. The molecule has 1 aliphatic rings. The van der Waals surface area contributed by atoms with Crippen molar-refractivity contribution in [2.75, 3.05) is 62.1 Å². The van der Waals surface area contributed by atoms with Crippen LogP contribution in [0.4, 0.5) is 0 Å². The lowest BCUT2D eigenvalue weighted by atomic mass is 9.84. The summed E-state index contributed by atoms with van der Waals surface area (Å²) >= 11 is 0. The Bertz CT molecular complexity index is 1700. The highest BCUT2D eigenvalue weighted by atomic mass is 16.5. The van der Waals surface area contributed by atoms with Crippen LogP contribution in [0.2, 0.25) is 0 Å². The molecule has 1 aliphatic heterocycles. The Morgan fingerprint density at radius 2 is 0.600 bits per heavy atom. The second-order valence-corrected chi connectivity index (χ2v) is 19.3. The summed E-state index contributed by atoms with van der Waals surface area (Å²) in [5.41, 5.74) is 6.97. The van der Waals surface area contributed by atoms with Gasteiger partial charge in [0.1, 0.15) is 17.2 Å². The Kier molecular flexibility index (Phi) is 15.9. The van der Waals surface area contributed by atoms with Gasteiger partial charge in [0, 0.05) is 75.7 Å². The number of nitrogens with zero attached hydrogens (tertiary/aromatic N) is 3. The minimum atomic E-state index is -0.246. The smallest absolute Gasteiger partial charge is 0.259 e. The summed E-state index contributed by atoms with van der Waals surface area (Å²) in [5, 5.41) is 0. The van der Waals surface area contributed by atoms with Crippen LogP contribution in [-0.4, -0.2) is 94.5 Å². The Labute approximate surface area is 358 Å².